The molecule has 8 nitrogen and oxygen atoms in total. The summed E-state index contributed by atoms with van der Waals surface area (Å²) in [6.45, 7) is 7.40. The van der Waals surface area contributed by atoms with Gasteiger partial charge in [-0.1, -0.05) is 17.7 Å². The number of carboxylic acid groups (broad SMARTS) is 1. The van der Waals surface area contributed by atoms with E-state index in [2.05, 4.69) is 10.0 Å². The van der Waals surface area contributed by atoms with Gasteiger partial charge in [0.1, 0.15) is 11.6 Å². The van der Waals surface area contributed by atoms with Crippen LogP contribution in [-0.2, 0) is 19.6 Å². The van der Waals surface area contributed by atoms with Gasteiger partial charge in [-0.3, -0.25) is 4.79 Å². The van der Waals surface area contributed by atoms with Crippen LogP contribution in [0.15, 0.2) is 29.2 Å². The van der Waals surface area contributed by atoms with Gasteiger partial charge in [0.25, 0.3) is 0 Å². The molecular weight excluding hydrogens is 372 g/mol. The highest BCUT2D eigenvalue weighted by molar-refractivity contribution is 7.89. The molecular formula is C18H28N2O6S. The van der Waals surface area contributed by atoms with Crippen molar-refractivity contribution in [2.24, 2.45) is 0 Å². The summed E-state index contributed by atoms with van der Waals surface area (Å²) in [5.74, 6) is -1.24. The van der Waals surface area contributed by atoms with E-state index in [9.17, 15) is 23.1 Å². The number of aryl methyl sites for hydroxylation is 1. The van der Waals surface area contributed by atoms with Crippen molar-refractivity contribution in [3.63, 3.8) is 0 Å². The van der Waals surface area contributed by atoms with E-state index in [0.29, 0.717) is 19.4 Å². The number of sulfonamides is 1. The predicted octanol–water partition coefficient (Wildman–Crippen LogP) is 2.42. The fourth-order valence-electron chi connectivity index (χ4n) is 2.18. The second-order valence-corrected chi connectivity index (χ2v) is 8.96. The topological polar surface area (TPSA) is 122 Å². The molecule has 0 saturated heterocycles. The summed E-state index contributed by atoms with van der Waals surface area (Å²) in [7, 11) is -3.92. The van der Waals surface area contributed by atoms with Gasteiger partial charge >= 0.3 is 12.1 Å². The molecule has 0 spiro atoms. The Balaban J connectivity index is 2.49. The van der Waals surface area contributed by atoms with Crippen molar-refractivity contribution in [3.8, 4) is 0 Å². The van der Waals surface area contributed by atoms with Gasteiger partial charge in [0.15, 0.2) is 0 Å². The summed E-state index contributed by atoms with van der Waals surface area (Å²) in [5.41, 5.74) is 0.313. The minimum atomic E-state index is -3.92. The van der Waals surface area contributed by atoms with E-state index in [4.69, 9.17) is 4.74 Å². The highest BCUT2D eigenvalue weighted by Crippen LogP contribution is 2.12. The molecule has 1 aromatic carbocycles. The molecule has 1 rings (SSSR count). The Kier molecular flexibility index (Phi) is 8.23. The second kappa shape index (κ2) is 9.70. The van der Waals surface area contributed by atoms with Gasteiger partial charge in [0.05, 0.1) is 4.90 Å². The van der Waals surface area contributed by atoms with Crippen LogP contribution in [0.3, 0.4) is 0 Å². The molecule has 152 valence electrons. The largest absolute Gasteiger partial charge is 0.480 e. The molecule has 0 radical (unpaired) electrons. The Morgan fingerprint density at radius 3 is 2.26 bits per heavy atom. The van der Waals surface area contributed by atoms with Crippen LogP contribution >= 0.6 is 0 Å². The first-order valence-corrected chi connectivity index (χ1v) is 10.2. The molecule has 0 unspecified atom stereocenters. The summed E-state index contributed by atoms with van der Waals surface area (Å²) in [4.78, 5) is 22.9. The standard InChI is InChI=1S/C18H28N2O6S/c1-13-8-10-14(11-9-13)27(24,25)20-15(16(21)22)7-5-6-12-19-17(23)26-18(2,3)4/h8-11,15,20H,5-7,12H2,1-4H3,(H,19,23)(H,21,22)/t15-/m0/s1. The fraction of sp³-hybridized carbons (Fsp3) is 0.556. The molecule has 0 saturated carbocycles. The number of hydrogen-bond acceptors (Lipinski definition) is 5. The number of unbranched alkanes of at least 4 members (excludes halogenated alkanes) is 1. The van der Waals surface area contributed by atoms with Crippen LogP contribution in [-0.4, -0.2) is 43.8 Å². The van der Waals surface area contributed by atoms with Crippen molar-refractivity contribution in [3.05, 3.63) is 29.8 Å². The summed E-state index contributed by atoms with van der Waals surface area (Å²) < 4.78 is 32.0. The molecule has 0 aliphatic carbocycles. The van der Waals surface area contributed by atoms with Gasteiger partial charge < -0.3 is 15.2 Å². The van der Waals surface area contributed by atoms with Crippen LogP contribution in [0, 0.1) is 6.92 Å². The molecule has 0 heterocycles. The number of aliphatic carboxylic acids is 1. The number of amides is 1. The van der Waals surface area contributed by atoms with E-state index in [0.717, 1.165) is 5.56 Å². The Bertz CT molecular complexity index is 738. The monoisotopic (exact) mass is 400 g/mol. The maximum Gasteiger partial charge on any atom is 0.407 e. The molecule has 3 N–H and O–H groups in total. The van der Waals surface area contributed by atoms with Crippen LogP contribution < -0.4 is 10.0 Å². The summed E-state index contributed by atoms with van der Waals surface area (Å²) in [6, 6.07) is 4.92. The molecule has 1 amide bonds. The van der Waals surface area contributed by atoms with Crippen molar-refractivity contribution >= 4 is 22.1 Å². The molecule has 1 aromatic rings. The van der Waals surface area contributed by atoms with E-state index in [1.54, 1.807) is 32.9 Å². The molecule has 0 fully saturated rings. The van der Waals surface area contributed by atoms with Gasteiger partial charge in [-0.2, -0.15) is 4.72 Å². The minimum Gasteiger partial charge on any atom is -0.480 e. The predicted molar refractivity (Wildman–Crippen MR) is 101 cm³/mol. The first-order chi connectivity index (χ1) is 12.4. The van der Waals surface area contributed by atoms with E-state index >= 15 is 0 Å². The first kappa shape index (κ1) is 22.9. The van der Waals surface area contributed by atoms with Gasteiger partial charge in [-0.15, -0.1) is 0 Å². The van der Waals surface area contributed by atoms with E-state index in [1.807, 2.05) is 6.92 Å². The minimum absolute atomic E-state index is 0.0194. The fourth-order valence-corrected chi connectivity index (χ4v) is 3.41. The molecule has 27 heavy (non-hydrogen) atoms. The quantitative estimate of drug-likeness (QED) is 0.547. The van der Waals surface area contributed by atoms with Crippen molar-refractivity contribution < 1.29 is 27.9 Å². The van der Waals surface area contributed by atoms with Crippen LogP contribution in [0.5, 0.6) is 0 Å². The summed E-state index contributed by atoms with van der Waals surface area (Å²) in [5, 5.41) is 11.9. The van der Waals surface area contributed by atoms with Crippen molar-refractivity contribution in [1.29, 1.82) is 0 Å². The third kappa shape index (κ3) is 8.87. The Labute approximate surface area is 160 Å². The van der Waals surface area contributed by atoms with Gasteiger partial charge in [-0.05, 0) is 59.1 Å². The lowest BCUT2D eigenvalue weighted by Crippen LogP contribution is -2.40. The molecule has 9 heteroatoms. The average Bonchev–Trinajstić information content (AvgIpc) is 2.51. The number of carboxylic acids is 1. The van der Waals surface area contributed by atoms with Crippen LogP contribution in [0.1, 0.15) is 45.6 Å². The lowest BCUT2D eigenvalue weighted by atomic mass is 10.1. The van der Waals surface area contributed by atoms with E-state index in [-0.39, 0.29) is 11.3 Å². The van der Waals surface area contributed by atoms with Crippen LogP contribution in [0.2, 0.25) is 0 Å². The third-order valence-electron chi connectivity index (χ3n) is 3.51. The number of carbonyl (C=O) groups excluding carboxylic acids is 1. The number of benzene rings is 1. The molecule has 0 bridgehead atoms. The van der Waals surface area contributed by atoms with Crippen LogP contribution in [0.4, 0.5) is 4.79 Å². The zero-order valence-corrected chi connectivity index (χ0v) is 16.9. The normalized spacial score (nSPS) is 13.0. The number of alkyl carbamates (subject to hydrolysis) is 1. The van der Waals surface area contributed by atoms with Gasteiger partial charge in [0.2, 0.25) is 10.0 Å². The van der Waals surface area contributed by atoms with Crippen molar-refractivity contribution in [2.45, 2.75) is 63.5 Å². The Morgan fingerprint density at radius 2 is 1.74 bits per heavy atom. The number of nitrogens with one attached hydrogen (secondary N) is 2. The summed E-state index contributed by atoms with van der Waals surface area (Å²) in [6.07, 6.45) is 0.479. The third-order valence-corrected chi connectivity index (χ3v) is 5.00. The summed E-state index contributed by atoms with van der Waals surface area (Å²) >= 11 is 0. The lowest BCUT2D eigenvalue weighted by Gasteiger charge is -2.19. The smallest absolute Gasteiger partial charge is 0.407 e. The highest BCUT2D eigenvalue weighted by Gasteiger charge is 2.25. The Morgan fingerprint density at radius 1 is 1.15 bits per heavy atom. The van der Waals surface area contributed by atoms with Crippen molar-refractivity contribution in [1.82, 2.24) is 10.0 Å². The average molecular weight is 400 g/mol. The number of ether oxygens (including phenoxy) is 1. The number of rotatable bonds is 9. The maximum absolute atomic E-state index is 12.3. The Hall–Kier alpha value is -2.13. The second-order valence-electron chi connectivity index (χ2n) is 7.25. The van der Waals surface area contributed by atoms with E-state index < -0.39 is 33.7 Å². The lowest BCUT2D eigenvalue weighted by molar-refractivity contribution is -0.139. The van der Waals surface area contributed by atoms with Gasteiger partial charge in [-0.25, -0.2) is 13.2 Å². The van der Waals surface area contributed by atoms with Crippen LogP contribution in [0.25, 0.3) is 0 Å². The molecule has 1 atom stereocenters. The van der Waals surface area contributed by atoms with Gasteiger partial charge in [0, 0.05) is 6.54 Å². The number of carbonyl (C=O) groups is 2. The SMILES string of the molecule is Cc1ccc(S(=O)(=O)N[C@@H](CCCCNC(=O)OC(C)(C)C)C(=O)O)cc1. The van der Waals surface area contributed by atoms with E-state index in [1.165, 1.54) is 12.1 Å². The zero-order chi connectivity index (χ0) is 20.7. The first-order valence-electron chi connectivity index (χ1n) is 8.69. The molecule has 0 aliphatic heterocycles. The molecule has 0 aromatic heterocycles. The highest BCUT2D eigenvalue weighted by atomic mass is 32.2. The number of hydrogen-bond donors (Lipinski definition) is 3. The zero-order valence-electron chi connectivity index (χ0n) is 16.1. The maximum atomic E-state index is 12.3. The van der Waals surface area contributed by atoms with Crippen molar-refractivity contribution in [2.75, 3.05) is 6.54 Å². The molecule has 0 aliphatic rings.